The molecule has 0 aliphatic carbocycles. The highest BCUT2D eigenvalue weighted by Crippen LogP contribution is 2.16. The summed E-state index contributed by atoms with van der Waals surface area (Å²) in [6.07, 6.45) is -0.331. The van der Waals surface area contributed by atoms with Crippen LogP contribution in [0.1, 0.15) is 13.3 Å². The van der Waals surface area contributed by atoms with Crippen LogP contribution in [-0.4, -0.2) is 24.2 Å². The lowest BCUT2D eigenvalue weighted by atomic mass is 10.1. The van der Waals surface area contributed by atoms with Gasteiger partial charge < -0.3 is 15.2 Å². The topological polar surface area (TPSA) is 58.6 Å². The first-order valence-electron chi connectivity index (χ1n) is 5.40. The van der Waals surface area contributed by atoms with Gasteiger partial charge >= 0.3 is 0 Å². The molecule has 1 aromatic rings. The van der Waals surface area contributed by atoms with Crippen molar-refractivity contribution in [3.05, 3.63) is 36.4 Å². The molecule has 0 aliphatic heterocycles. The maximum atomic E-state index is 11.7. The molecule has 0 saturated carbocycles. The molecule has 0 heterocycles. The smallest absolute Gasteiger partial charge is 0.253 e. The van der Waals surface area contributed by atoms with Crippen LogP contribution in [0.15, 0.2) is 36.4 Å². The van der Waals surface area contributed by atoms with Crippen LogP contribution in [0.25, 0.3) is 0 Å². The van der Waals surface area contributed by atoms with Crippen molar-refractivity contribution in [2.24, 2.45) is 0 Å². The van der Waals surface area contributed by atoms with Crippen molar-refractivity contribution in [2.45, 2.75) is 19.4 Å². The highest BCUT2D eigenvalue weighted by molar-refractivity contribution is 6.03. The van der Waals surface area contributed by atoms with E-state index in [1.807, 2.05) is 0 Å². The van der Waals surface area contributed by atoms with Crippen LogP contribution in [-0.2, 0) is 4.79 Å². The van der Waals surface area contributed by atoms with Crippen LogP contribution in [0.4, 0.5) is 5.69 Å². The molecule has 4 nitrogen and oxygen atoms in total. The highest BCUT2D eigenvalue weighted by atomic mass is 16.5. The first-order chi connectivity index (χ1) is 8.08. The van der Waals surface area contributed by atoms with Crippen LogP contribution in [0.3, 0.4) is 0 Å². The van der Waals surface area contributed by atoms with Gasteiger partial charge in [0.25, 0.3) is 5.91 Å². The number of ether oxygens (including phenoxy) is 1. The fourth-order valence-corrected chi connectivity index (χ4v) is 1.28. The van der Waals surface area contributed by atoms with Gasteiger partial charge in [-0.25, -0.2) is 0 Å². The summed E-state index contributed by atoms with van der Waals surface area (Å²) in [5.41, 5.74) is 0.809. The number of anilines is 1. The molecule has 1 atom stereocenters. The molecule has 0 aliphatic rings. The fraction of sp³-hybridized carbons (Fsp3) is 0.308. The number of rotatable bonds is 5. The second-order valence-corrected chi connectivity index (χ2v) is 3.63. The van der Waals surface area contributed by atoms with E-state index in [2.05, 4.69) is 11.9 Å². The van der Waals surface area contributed by atoms with E-state index in [9.17, 15) is 9.90 Å². The molecular weight excluding hydrogens is 218 g/mol. The zero-order chi connectivity index (χ0) is 12.8. The number of carbonyl (C=O) groups excluding carboxylic acids is 1. The molecule has 92 valence electrons. The van der Waals surface area contributed by atoms with Gasteiger partial charge in [-0.1, -0.05) is 13.5 Å². The largest absolute Gasteiger partial charge is 0.497 e. The van der Waals surface area contributed by atoms with Crippen molar-refractivity contribution in [1.82, 2.24) is 0 Å². The Morgan fingerprint density at radius 1 is 1.47 bits per heavy atom. The zero-order valence-electron chi connectivity index (χ0n) is 10.1. The minimum atomic E-state index is -0.798. The fourth-order valence-electron chi connectivity index (χ4n) is 1.28. The standard InChI is InChI=1S/C13H17NO3/c1-4-12(15)9(2)13(16)14-10-5-7-11(17-3)8-6-10/h5-8,12,15H,2,4H2,1,3H3,(H,14,16). The summed E-state index contributed by atoms with van der Waals surface area (Å²) in [7, 11) is 1.58. The normalized spacial score (nSPS) is 11.7. The van der Waals surface area contributed by atoms with E-state index in [0.717, 1.165) is 5.75 Å². The van der Waals surface area contributed by atoms with E-state index in [1.165, 1.54) is 0 Å². The van der Waals surface area contributed by atoms with Crippen molar-refractivity contribution < 1.29 is 14.6 Å². The van der Waals surface area contributed by atoms with Gasteiger partial charge in [0.2, 0.25) is 0 Å². The number of benzene rings is 1. The summed E-state index contributed by atoms with van der Waals surface area (Å²) in [5.74, 6) is 0.347. The van der Waals surface area contributed by atoms with Gasteiger partial charge in [-0.2, -0.15) is 0 Å². The quantitative estimate of drug-likeness (QED) is 0.767. The summed E-state index contributed by atoms with van der Waals surface area (Å²) < 4.78 is 5.01. The van der Waals surface area contributed by atoms with E-state index >= 15 is 0 Å². The predicted molar refractivity (Wildman–Crippen MR) is 67.1 cm³/mol. The molecule has 0 bridgehead atoms. The highest BCUT2D eigenvalue weighted by Gasteiger charge is 2.14. The average Bonchev–Trinajstić information content (AvgIpc) is 2.37. The Morgan fingerprint density at radius 3 is 2.53 bits per heavy atom. The lowest BCUT2D eigenvalue weighted by Crippen LogP contribution is -2.22. The number of carbonyl (C=O) groups is 1. The summed E-state index contributed by atoms with van der Waals surface area (Å²) in [5, 5.41) is 12.1. The van der Waals surface area contributed by atoms with Crippen molar-refractivity contribution >= 4 is 11.6 Å². The number of amides is 1. The van der Waals surface area contributed by atoms with Crippen LogP contribution < -0.4 is 10.1 Å². The van der Waals surface area contributed by atoms with E-state index < -0.39 is 6.10 Å². The molecule has 1 amide bonds. The van der Waals surface area contributed by atoms with Gasteiger partial charge in [-0.05, 0) is 30.7 Å². The Bertz CT molecular complexity index is 398. The van der Waals surface area contributed by atoms with Crippen LogP contribution in [0.5, 0.6) is 5.75 Å². The molecule has 1 aromatic carbocycles. The molecule has 1 rings (SSSR count). The van der Waals surface area contributed by atoms with Crippen LogP contribution >= 0.6 is 0 Å². The van der Waals surface area contributed by atoms with Gasteiger partial charge in [0.05, 0.1) is 13.2 Å². The van der Waals surface area contributed by atoms with Gasteiger partial charge in [-0.15, -0.1) is 0 Å². The summed E-state index contributed by atoms with van der Waals surface area (Å²) >= 11 is 0. The Morgan fingerprint density at radius 2 is 2.06 bits per heavy atom. The van der Waals surface area contributed by atoms with Gasteiger partial charge in [0.1, 0.15) is 5.75 Å². The molecule has 0 spiro atoms. The van der Waals surface area contributed by atoms with Gasteiger partial charge in [0, 0.05) is 11.3 Å². The van der Waals surface area contributed by atoms with E-state index in [1.54, 1.807) is 38.3 Å². The van der Waals surface area contributed by atoms with Crippen LogP contribution in [0.2, 0.25) is 0 Å². The van der Waals surface area contributed by atoms with E-state index in [0.29, 0.717) is 12.1 Å². The number of nitrogens with one attached hydrogen (secondary N) is 1. The molecule has 0 aromatic heterocycles. The molecule has 4 heteroatoms. The number of hydrogen-bond donors (Lipinski definition) is 2. The zero-order valence-corrected chi connectivity index (χ0v) is 10.1. The predicted octanol–water partition coefficient (Wildman–Crippen LogP) is 1.96. The van der Waals surface area contributed by atoms with Crippen LogP contribution in [0, 0.1) is 0 Å². The number of aliphatic hydroxyl groups excluding tert-OH is 1. The third-order valence-electron chi connectivity index (χ3n) is 2.43. The third kappa shape index (κ3) is 3.60. The first kappa shape index (κ1) is 13.3. The molecule has 0 fully saturated rings. The van der Waals surface area contributed by atoms with Gasteiger partial charge in [-0.3, -0.25) is 4.79 Å². The van der Waals surface area contributed by atoms with Crippen molar-refractivity contribution in [1.29, 1.82) is 0 Å². The average molecular weight is 235 g/mol. The molecule has 17 heavy (non-hydrogen) atoms. The van der Waals surface area contributed by atoms with Crippen molar-refractivity contribution in [3.8, 4) is 5.75 Å². The first-order valence-corrected chi connectivity index (χ1v) is 5.40. The van der Waals surface area contributed by atoms with Crippen molar-refractivity contribution in [3.63, 3.8) is 0 Å². The lowest BCUT2D eigenvalue weighted by molar-refractivity contribution is -0.113. The second kappa shape index (κ2) is 6.06. The Kier molecular flexibility index (Phi) is 4.72. The maximum absolute atomic E-state index is 11.7. The Balaban J connectivity index is 2.64. The van der Waals surface area contributed by atoms with E-state index in [-0.39, 0.29) is 11.5 Å². The summed E-state index contributed by atoms with van der Waals surface area (Å²) in [6.45, 7) is 5.36. The molecule has 0 radical (unpaired) electrons. The van der Waals surface area contributed by atoms with Gasteiger partial charge in [0.15, 0.2) is 0 Å². The Labute approximate surface area is 101 Å². The minimum absolute atomic E-state index is 0.170. The molecule has 0 saturated heterocycles. The number of methoxy groups -OCH3 is 1. The number of aliphatic hydroxyl groups is 1. The molecule has 1 unspecified atom stereocenters. The third-order valence-corrected chi connectivity index (χ3v) is 2.43. The second-order valence-electron chi connectivity index (χ2n) is 3.63. The van der Waals surface area contributed by atoms with Crippen molar-refractivity contribution in [2.75, 3.05) is 12.4 Å². The van der Waals surface area contributed by atoms with E-state index in [4.69, 9.17) is 4.74 Å². The Hall–Kier alpha value is -1.81. The monoisotopic (exact) mass is 235 g/mol. The summed E-state index contributed by atoms with van der Waals surface area (Å²) in [6, 6.07) is 6.94. The lowest BCUT2D eigenvalue weighted by Gasteiger charge is -2.12. The summed E-state index contributed by atoms with van der Waals surface area (Å²) in [4.78, 5) is 11.7. The SMILES string of the molecule is C=C(C(=O)Nc1ccc(OC)cc1)C(O)CC. The number of hydrogen-bond acceptors (Lipinski definition) is 3. The molecule has 2 N–H and O–H groups in total. The molecular formula is C13H17NO3. The minimum Gasteiger partial charge on any atom is -0.497 e. The maximum Gasteiger partial charge on any atom is 0.253 e.